The molecule has 0 fully saturated rings. The van der Waals surface area contributed by atoms with Crippen LogP contribution in [-0.2, 0) is 0 Å². The molecule has 0 radical (unpaired) electrons. The van der Waals surface area contributed by atoms with E-state index in [1.54, 1.807) is 12.4 Å². The van der Waals surface area contributed by atoms with Crippen LogP contribution in [0.2, 0.25) is 0 Å². The van der Waals surface area contributed by atoms with Gasteiger partial charge >= 0.3 is 0 Å². The van der Waals surface area contributed by atoms with Crippen LogP contribution < -0.4 is 0 Å². The summed E-state index contributed by atoms with van der Waals surface area (Å²) in [5.74, 6) is 1.67. The lowest BCUT2D eigenvalue weighted by Crippen LogP contribution is -2.03. The highest BCUT2D eigenvalue weighted by atomic mass is 15.1. The third kappa shape index (κ3) is 4.79. The Morgan fingerprint density at radius 1 is 0.852 bits per heavy atom. The minimum Gasteiger partial charge on any atom is -0.253 e. The van der Waals surface area contributed by atoms with Gasteiger partial charge in [-0.3, -0.25) is 9.97 Å². The van der Waals surface area contributed by atoms with Crippen molar-refractivity contribution in [3.05, 3.63) is 85.0 Å². The third-order valence-corrected chi connectivity index (χ3v) is 3.68. The molecule has 0 N–H and O–H groups in total. The van der Waals surface area contributed by atoms with Crippen molar-refractivity contribution in [2.75, 3.05) is 0 Å². The van der Waals surface area contributed by atoms with Gasteiger partial charge in [0.15, 0.2) is 17.5 Å². The van der Waals surface area contributed by atoms with Crippen LogP contribution in [0.3, 0.4) is 0 Å². The van der Waals surface area contributed by atoms with Gasteiger partial charge in [0.2, 0.25) is 0 Å². The van der Waals surface area contributed by atoms with Crippen LogP contribution in [0.1, 0.15) is 26.1 Å². The summed E-state index contributed by atoms with van der Waals surface area (Å²) < 4.78 is 0. The van der Waals surface area contributed by atoms with Gasteiger partial charge in [-0.2, -0.15) is 0 Å². The molecule has 3 rings (SSSR count). The molecule has 5 nitrogen and oxygen atoms in total. The Balaban J connectivity index is 2.16. The Morgan fingerprint density at radius 3 is 1.96 bits per heavy atom. The summed E-state index contributed by atoms with van der Waals surface area (Å²) in [6, 6.07) is 11.4. The zero-order valence-corrected chi connectivity index (χ0v) is 15.4. The summed E-state index contributed by atoms with van der Waals surface area (Å²) in [6.45, 7) is 4.07. The lowest BCUT2D eigenvalue weighted by atomic mass is 10.1. The summed E-state index contributed by atoms with van der Waals surface area (Å²) in [6.07, 6.45) is 14.4. The second kappa shape index (κ2) is 9.29. The van der Waals surface area contributed by atoms with E-state index in [0.29, 0.717) is 28.9 Å². The Bertz CT molecular complexity index is 903. The fourth-order valence-electron chi connectivity index (χ4n) is 2.45. The number of aromatic nitrogens is 5. The average molecular weight is 355 g/mol. The molecule has 0 spiro atoms. The molecule has 0 bridgehead atoms. The highest BCUT2D eigenvalue weighted by Gasteiger charge is 2.13. The van der Waals surface area contributed by atoms with Gasteiger partial charge in [0.25, 0.3) is 0 Å². The minimum absolute atomic E-state index is 0.530. The third-order valence-electron chi connectivity index (χ3n) is 3.68. The predicted molar refractivity (Wildman–Crippen MR) is 109 cm³/mol. The molecular weight excluding hydrogens is 334 g/mol. The molecule has 0 amide bonds. The van der Waals surface area contributed by atoms with Crippen LogP contribution in [0.5, 0.6) is 0 Å². The normalized spacial score (nSPS) is 12.1. The molecule has 0 saturated carbocycles. The molecule has 0 atom stereocenters. The van der Waals surface area contributed by atoms with E-state index >= 15 is 0 Å². The Labute approximate surface area is 159 Å². The van der Waals surface area contributed by atoms with Crippen molar-refractivity contribution in [3.63, 3.8) is 0 Å². The molecule has 134 valence electrons. The van der Waals surface area contributed by atoms with Crippen molar-refractivity contribution in [1.29, 1.82) is 0 Å². The molecule has 0 aliphatic rings. The van der Waals surface area contributed by atoms with Crippen molar-refractivity contribution in [2.45, 2.75) is 20.3 Å². The van der Waals surface area contributed by atoms with Gasteiger partial charge in [0.1, 0.15) is 11.4 Å². The SMILES string of the molecule is C\C=C/C=C\C(=C\CC)c1nc(-c2ccccn2)nc(-c2ccccn2)n1. The van der Waals surface area contributed by atoms with Gasteiger partial charge in [0.05, 0.1) is 0 Å². The molecule has 3 heterocycles. The predicted octanol–water partition coefficient (Wildman–Crippen LogP) is 4.92. The molecule has 0 aliphatic heterocycles. The zero-order valence-electron chi connectivity index (χ0n) is 15.4. The number of rotatable bonds is 6. The average Bonchev–Trinajstić information content (AvgIpc) is 2.74. The lowest BCUT2D eigenvalue weighted by Gasteiger charge is -2.07. The summed E-state index contributed by atoms with van der Waals surface area (Å²) in [5, 5.41) is 0. The van der Waals surface area contributed by atoms with Crippen LogP contribution in [0.15, 0.2) is 79.2 Å². The van der Waals surface area contributed by atoms with E-state index in [-0.39, 0.29) is 0 Å². The summed E-state index contributed by atoms with van der Waals surface area (Å²) in [7, 11) is 0. The van der Waals surface area contributed by atoms with Crippen molar-refractivity contribution in [2.24, 2.45) is 0 Å². The van der Waals surface area contributed by atoms with Crippen LogP contribution in [-0.4, -0.2) is 24.9 Å². The summed E-state index contributed by atoms with van der Waals surface area (Å²) >= 11 is 0. The van der Waals surface area contributed by atoms with E-state index in [9.17, 15) is 0 Å². The van der Waals surface area contributed by atoms with E-state index < -0.39 is 0 Å². The molecule has 3 aromatic heterocycles. The van der Waals surface area contributed by atoms with E-state index in [1.807, 2.05) is 67.6 Å². The number of nitrogens with zero attached hydrogens (tertiary/aromatic N) is 5. The molecule has 0 aromatic carbocycles. The van der Waals surface area contributed by atoms with E-state index in [4.69, 9.17) is 0 Å². The number of hydrogen-bond donors (Lipinski definition) is 0. The fourth-order valence-corrected chi connectivity index (χ4v) is 2.45. The first-order valence-electron chi connectivity index (χ1n) is 8.90. The standard InChI is InChI=1S/C22H21N5/c1-3-5-6-12-17(11-4-2)20-25-21(18-13-7-9-15-23-18)27-22(26-20)19-14-8-10-16-24-19/h3,5-16H,4H2,1-2H3/b5-3-,12-6-,17-11-. The molecule has 27 heavy (non-hydrogen) atoms. The fraction of sp³-hybridized carbons (Fsp3) is 0.136. The topological polar surface area (TPSA) is 64.5 Å². The Hall–Kier alpha value is -3.47. The second-order valence-electron chi connectivity index (χ2n) is 5.69. The molecule has 5 heteroatoms. The minimum atomic E-state index is 0.530. The first-order valence-corrected chi connectivity index (χ1v) is 8.90. The lowest BCUT2D eigenvalue weighted by molar-refractivity contribution is 1.01. The maximum Gasteiger partial charge on any atom is 0.182 e. The number of allylic oxidation sites excluding steroid dienone is 6. The molecule has 0 saturated heterocycles. The van der Waals surface area contributed by atoms with Crippen molar-refractivity contribution in [3.8, 4) is 23.0 Å². The maximum atomic E-state index is 4.67. The van der Waals surface area contributed by atoms with E-state index in [2.05, 4.69) is 37.9 Å². The van der Waals surface area contributed by atoms with Gasteiger partial charge in [-0.15, -0.1) is 0 Å². The first-order chi connectivity index (χ1) is 13.3. The van der Waals surface area contributed by atoms with Crippen LogP contribution >= 0.6 is 0 Å². The molecular formula is C22H21N5. The first kappa shape index (κ1) is 18.3. The van der Waals surface area contributed by atoms with Gasteiger partial charge in [-0.05, 0) is 37.6 Å². The van der Waals surface area contributed by atoms with Crippen molar-refractivity contribution < 1.29 is 0 Å². The maximum absolute atomic E-state index is 4.67. The zero-order chi connectivity index (χ0) is 18.9. The quantitative estimate of drug-likeness (QED) is 0.587. The molecule has 0 unspecified atom stereocenters. The van der Waals surface area contributed by atoms with Crippen molar-refractivity contribution >= 4 is 5.57 Å². The van der Waals surface area contributed by atoms with Gasteiger partial charge in [0, 0.05) is 18.0 Å². The Morgan fingerprint density at radius 2 is 1.48 bits per heavy atom. The van der Waals surface area contributed by atoms with Crippen LogP contribution in [0.4, 0.5) is 0 Å². The smallest absolute Gasteiger partial charge is 0.182 e. The second-order valence-corrected chi connectivity index (χ2v) is 5.69. The van der Waals surface area contributed by atoms with Gasteiger partial charge < -0.3 is 0 Å². The molecule has 3 aromatic rings. The summed E-state index contributed by atoms with van der Waals surface area (Å²) in [5.41, 5.74) is 2.34. The van der Waals surface area contributed by atoms with Crippen LogP contribution in [0, 0.1) is 0 Å². The highest BCUT2D eigenvalue weighted by molar-refractivity contribution is 5.72. The van der Waals surface area contributed by atoms with Crippen LogP contribution in [0.25, 0.3) is 28.6 Å². The van der Waals surface area contributed by atoms with Gasteiger partial charge in [-0.1, -0.05) is 49.4 Å². The Kier molecular flexibility index (Phi) is 6.30. The van der Waals surface area contributed by atoms with Gasteiger partial charge in [-0.25, -0.2) is 15.0 Å². The number of hydrogen-bond acceptors (Lipinski definition) is 5. The number of pyridine rings is 2. The van der Waals surface area contributed by atoms with Crippen molar-refractivity contribution in [1.82, 2.24) is 24.9 Å². The van der Waals surface area contributed by atoms with E-state index in [1.165, 1.54) is 0 Å². The highest BCUT2D eigenvalue weighted by Crippen LogP contribution is 2.21. The summed E-state index contributed by atoms with van der Waals surface area (Å²) in [4.78, 5) is 22.7. The monoisotopic (exact) mass is 355 g/mol. The molecule has 0 aliphatic carbocycles. The largest absolute Gasteiger partial charge is 0.253 e. The van der Waals surface area contributed by atoms with E-state index in [0.717, 1.165) is 12.0 Å².